The smallest absolute Gasteiger partial charge is 0.323 e. The van der Waals surface area contributed by atoms with E-state index in [0.717, 1.165) is 45.4 Å². The summed E-state index contributed by atoms with van der Waals surface area (Å²) in [4.78, 5) is 11.7. The SMILES string of the molecule is CCCC(NCCC1CCOC1)C(=O)OCC. The Kier molecular flexibility index (Phi) is 7.21. The first-order valence-electron chi connectivity index (χ1n) is 6.75. The van der Waals surface area contributed by atoms with Gasteiger partial charge in [-0.05, 0) is 38.6 Å². The largest absolute Gasteiger partial charge is 0.465 e. The summed E-state index contributed by atoms with van der Waals surface area (Å²) in [5, 5.41) is 3.30. The minimum atomic E-state index is -0.137. The monoisotopic (exact) mass is 243 g/mol. The fourth-order valence-electron chi connectivity index (χ4n) is 2.11. The number of hydrogen-bond acceptors (Lipinski definition) is 4. The van der Waals surface area contributed by atoms with Crippen LogP contribution in [0.4, 0.5) is 0 Å². The third-order valence-electron chi connectivity index (χ3n) is 3.12. The first-order chi connectivity index (χ1) is 8.27. The Labute approximate surface area is 104 Å². The average molecular weight is 243 g/mol. The molecule has 17 heavy (non-hydrogen) atoms. The molecule has 1 heterocycles. The van der Waals surface area contributed by atoms with Gasteiger partial charge in [0.25, 0.3) is 0 Å². The number of rotatable bonds is 8. The third kappa shape index (κ3) is 5.50. The van der Waals surface area contributed by atoms with Gasteiger partial charge >= 0.3 is 5.97 Å². The Morgan fingerprint density at radius 3 is 2.94 bits per heavy atom. The molecule has 1 rings (SSSR count). The van der Waals surface area contributed by atoms with Gasteiger partial charge in [-0.1, -0.05) is 13.3 Å². The molecule has 4 heteroatoms. The molecule has 1 fully saturated rings. The highest BCUT2D eigenvalue weighted by Gasteiger charge is 2.20. The highest BCUT2D eigenvalue weighted by molar-refractivity contribution is 5.75. The van der Waals surface area contributed by atoms with Gasteiger partial charge < -0.3 is 14.8 Å². The Morgan fingerprint density at radius 1 is 1.53 bits per heavy atom. The zero-order valence-electron chi connectivity index (χ0n) is 11.0. The second kappa shape index (κ2) is 8.48. The van der Waals surface area contributed by atoms with E-state index in [9.17, 15) is 4.79 Å². The van der Waals surface area contributed by atoms with Crippen molar-refractivity contribution >= 4 is 5.97 Å². The van der Waals surface area contributed by atoms with E-state index in [1.807, 2.05) is 6.92 Å². The molecular weight excluding hydrogens is 218 g/mol. The second-order valence-corrected chi connectivity index (χ2v) is 4.57. The van der Waals surface area contributed by atoms with E-state index in [0.29, 0.717) is 12.5 Å². The molecule has 2 unspecified atom stereocenters. The molecule has 0 saturated carbocycles. The van der Waals surface area contributed by atoms with Crippen molar-refractivity contribution in [3.63, 3.8) is 0 Å². The highest BCUT2D eigenvalue weighted by atomic mass is 16.5. The lowest BCUT2D eigenvalue weighted by Gasteiger charge is -2.17. The van der Waals surface area contributed by atoms with Crippen LogP contribution in [0.25, 0.3) is 0 Å². The number of hydrogen-bond donors (Lipinski definition) is 1. The summed E-state index contributed by atoms with van der Waals surface area (Å²) in [5.74, 6) is 0.545. The lowest BCUT2D eigenvalue weighted by atomic mass is 10.0. The first-order valence-corrected chi connectivity index (χ1v) is 6.75. The lowest BCUT2D eigenvalue weighted by molar-refractivity contribution is -0.145. The van der Waals surface area contributed by atoms with Gasteiger partial charge in [-0.3, -0.25) is 4.79 Å². The summed E-state index contributed by atoms with van der Waals surface area (Å²) in [6.45, 7) is 7.02. The molecular formula is C13H25NO3. The fourth-order valence-corrected chi connectivity index (χ4v) is 2.11. The van der Waals surface area contributed by atoms with Crippen molar-refractivity contribution in [1.82, 2.24) is 5.32 Å². The van der Waals surface area contributed by atoms with Crippen molar-refractivity contribution in [2.45, 2.75) is 45.6 Å². The summed E-state index contributed by atoms with van der Waals surface area (Å²) in [6.07, 6.45) is 4.07. The molecule has 1 aliphatic heterocycles. The summed E-state index contributed by atoms with van der Waals surface area (Å²) < 4.78 is 10.4. The van der Waals surface area contributed by atoms with E-state index in [1.54, 1.807) is 0 Å². The number of carbonyl (C=O) groups is 1. The van der Waals surface area contributed by atoms with Crippen LogP contribution in [0.5, 0.6) is 0 Å². The van der Waals surface area contributed by atoms with Crippen LogP contribution in [0, 0.1) is 5.92 Å². The van der Waals surface area contributed by atoms with Crippen LogP contribution in [-0.4, -0.2) is 38.4 Å². The average Bonchev–Trinajstić information content (AvgIpc) is 2.81. The van der Waals surface area contributed by atoms with Crippen molar-refractivity contribution in [2.75, 3.05) is 26.4 Å². The van der Waals surface area contributed by atoms with Crippen molar-refractivity contribution in [3.8, 4) is 0 Å². The van der Waals surface area contributed by atoms with Crippen LogP contribution >= 0.6 is 0 Å². The van der Waals surface area contributed by atoms with Crippen LogP contribution in [0.2, 0.25) is 0 Å². The number of carbonyl (C=O) groups excluding carboxylic acids is 1. The van der Waals surface area contributed by atoms with Gasteiger partial charge in [0.1, 0.15) is 6.04 Å². The third-order valence-corrected chi connectivity index (χ3v) is 3.12. The molecule has 1 aliphatic rings. The van der Waals surface area contributed by atoms with Gasteiger partial charge in [0, 0.05) is 13.2 Å². The molecule has 4 nitrogen and oxygen atoms in total. The maximum Gasteiger partial charge on any atom is 0.323 e. The van der Waals surface area contributed by atoms with E-state index in [4.69, 9.17) is 9.47 Å². The number of esters is 1. The molecule has 0 aromatic rings. The Balaban J connectivity index is 2.20. The van der Waals surface area contributed by atoms with E-state index in [-0.39, 0.29) is 12.0 Å². The van der Waals surface area contributed by atoms with Gasteiger partial charge in [-0.15, -0.1) is 0 Å². The molecule has 100 valence electrons. The van der Waals surface area contributed by atoms with Gasteiger partial charge in [-0.25, -0.2) is 0 Å². The minimum absolute atomic E-state index is 0.114. The Bertz CT molecular complexity index is 215. The number of nitrogens with one attached hydrogen (secondary N) is 1. The summed E-state index contributed by atoms with van der Waals surface area (Å²) in [6, 6.07) is -0.137. The van der Waals surface area contributed by atoms with Crippen molar-refractivity contribution in [2.24, 2.45) is 5.92 Å². The van der Waals surface area contributed by atoms with E-state index in [2.05, 4.69) is 12.2 Å². The van der Waals surface area contributed by atoms with Crippen molar-refractivity contribution in [1.29, 1.82) is 0 Å². The zero-order chi connectivity index (χ0) is 12.5. The maximum atomic E-state index is 11.7. The van der Waals surface area contributed by atoms with Crippen LogP contribution in [-0.2, 0) is 14.3 Å². The zero-order valence-corrected chi connectivity index (χ0v) is 11.0. The fraction of sp³-hybridized carbons (Fsp3) is 0.923. The standard InChI is InChI=1S/C13H25NO3/c1-3-5-12(13(15)17-4-2)14-8-6-11-7-9-16-10-11/h11-12,14H,3-10H2,1-2H3. The van der Waals surface area contributed by atoms with Crippen LogP contribution in [0.3, 0.4) is 0 Å². The quantitative estimate of drug-likeness (QED) is 0.660. The van der Waals surface area contributed by atoms with E-state index in [1.165, 1.54) is 0 Å². The molecule has 2 atom stereocenters. The number of ether oxygens (including phenoxy) is 2. The minimum Gasteiger partial charge on any atom is -0.465 e. The van der Waals surface area contributed by atoms with Crippen LogP contribution in [0.1, 0.15) is 39.5 Å². The summed E-state index contributed by atoms with van der Waals surface area (Å²) in [5.41, 5.74) is 0. The molecule has 0 aromatic carbocycles. The molecule has 1 saturated heterocycles. The normalized spacial score (nSPS) is 21.4. The van der Waals surface area contributed by atoms with E-state index >= 15 is 0 Å². The molecule has 0 bridgehead atoms. The Morgan fingerprint density at radius 2 is 2.35 bits per heavy atom. The van der Waals surface area contributed by atoms with Gasteiger partial charge in [0.15, 0.2) is 0 Å². The molecule has 1 N–H and O–H groups in total. The maximum absolute atomic E-state index is 11.7. The summed E-state index contributed by atoms with van der Waals surface area (Å²) >= 11 is 0. The van der Waals surface area contributed by atoms with Gasteiger partial charge in [-0.2, -0.15) is 0 Å². The van der Waals surface area contributed by atoms with Crippen LogP contribution < -0.4 is 5.32 Å². The van der Waals surface area contributed by atoms with Gasteiger partial charge in [0.2, 0.25) is 0 Å². The predicted octanol–water partition coefficient (Wildman–Crippen LogP) is 1.73. The predicted molar refractivity (Wildman–Crippen MR) is 66.9 cm³/mol. The highest BCUT2D eigenvalue weighted by Crippen LogP contribution is 2.15. The summed E-state index contributed by atoms with van der Waals surface area (Å²) in [7, 11) is 0. The molecule has 0 aliphatic carbocycles. The molecule has 0 amide bonds. The Hall–Kier alpha value is -0.610. The van der Waals surface area contributed by atoms with Gasteiger partial charge in [0.05, 0.1) is 6.61 Å². The molecule has 0 aromatic heterocycles. The van der Waals surface area contributed by atoms with Crippen LogP contribution in [0.15, 0.2) is 0 Å². The van der Waals surface area contributed by atoms with E-state index < -0.39 is 0 Å². The molecule has 0 spiro atoms. The second-order valence-electron chi connectivity index (χ2n) is 4.57. The lowest BCUT2D eigenvalue weighted by Crippen LogP contribution is -2.39. The van der Waals surface area contributed by atoms with Crippen molar-refractivity contribution < 1.29 is 14.3 Å². The topological polar surface area (TPSA) is 47.6 Å². The molecule has 0 radical (unpaired) electrons. The van der Waals surface area contributed by atoms with Crippen molar-refractivity contribution in [3.05, 3.63) is 0 Å². The first kappa shape index (κ1) is 14.5.